The fourth-order valence-corrected chi connectivity index (χ4v) is 4.26. The molecule has 0 bridgehead atoms. The van der Waals surface area contributed by atoms with E-state index in [0.29, 0.717) is 16.5 Å². The van der Waals surface area contributed by atoms with Crippen molar-refractivity contribution in [2.24, 2.45) is 0 Å². The second-order valence-electron chi connectivity index (χ2n) is 7.11. The molecule has 3 N–H and O–H groups in total. The van der Waals surface area contributed by atoms with Crippen molar-refractivity contribution >= 4 is 56.4 Å². The number of hydrogen-bond acceptors (Lipinski definition) is 9. The van der Waals surface area contributed by atoms with Crippen LogP contribution >= 0.6 is 23.8 Å². The number of carbonyl (C=O) groups excluding carboxylic acids is 1. The Hall–Kier alpha value is -3.68. The van der Waals surface area contributed by atoms with Gasteiger partial charge in [-0.3, -0.25) is 14.8 Å². The van der Waals surface area contributed by atoms with Crippen LogP contribution in [0.2, 0.25) is 5.02 Å². The number of nitrogens with zero attached hydrogens (tertiary/aromatic N) is 2. The molecular weight excluding hydrogens is 530 g/mol. The van der Waals surface area contributed by atoms with Gasteiger partial charge in [-0.25, -0.2) is 8.42 Å². The Labute approximate surface area is 218 Å². The minimum atomic E-state index is -3.97. The number of aryl methyl sites for hydroxylation is 1. The molecule has 3 aromatic rings. The van der Waals surface area contributed by atoms with Crippen molar-refractivity contribution in [1.82, 2.24) is 15.3 Å². The van der Waals surface area contributed by atoms with Gasteiger partial charge >= 0.3 is 6.01 Å². The summed E-state index contributed by atoms with van der Waals surface area (Å²) < 4.78 is 43.2. The molecule has 0 unspecified atom stereocenters. The van der Waals surface area contributed by atoms with Crippen LogP contribution in [0.4, 0.5) is 11.5 Å². The van der Waals surface area contributed by atoms with Crippen LogP contribution in [-0.2, 0) is 14.8 Å². The number of anilines is 2. The maximum atomic E-state index is 12.7. The molecular formula is C22H22ClN5O6S2. The molecule has 1 heterocycles. The number of carbonyl (C=O) groups is 1. The van der Waals surface area contributed by atoms with Crippen molar-refractivity contribution < 1.29 is 27.4 Å². The van der Waals surface area contributed by atoms with Crippen LogP contribution in [0, 0.1) is 6.92 Å². The van der Waals surface area contributed by atoms with E-state index in [1.807, 2.05) is 6.92 Å². The van der Waals surface area contributed by atoms with Crippen LogP contribution in [0.3, 0.4) is 0 Å². The van der Waals surface area contributed by atoms with Gasteiger partial charge in [-0.2, -0.15) is 9.97 Å². The number of ether oxygens (including phenoxy) is 3. The van der Waals surface area contributed by atoms with Crippen LogP contribution < -0.4 is 29.6 Å². The molecule has 0 aliphatic heterocycles. The Kier molecular flexibility index (Phi) is 8.85. The minimum Gasteiger partial charge on any atom is -0.483 e. The molecule has 0 aliphatic rings. The summed E-state index contributed by atoms with van der Waals surface area (Å²) in [6.07, 6.45) is 0. The zero-order valence-corrected chi connectivity index (χ0v) is 21.8. The smallest absolute Gasteiger partial charge is 0.321 e. The molecule has 190 valence electrons. The minimum absolute atomic E-state index is 0.0188. The number of aromatic nitrogens is 2. The van der Waals surface area contributed by atoms with E-state index in [4.69, 9.17) is 38.0 Å². The number of rotatable bonds is 9. The van der Waals surface area contributed by atoms with Crippen molar-refractivity contribution in [2.75, 3.05) is 30.9 Å². The lowest BCUT2D eigenvalue weighted by atomic mass is 10.2. The second kappa shape index (κ2) is 11.8. The average molecular weight is 552 g/mol. The molecule has 11 nitrogen and oxygen atoms in total. The first-order valence-electron chi connectivity index (χ1n) is 10.2. The van der Waals surface area contributed by atoms with E-state index in [1.165, 1.54) is 44.6 Å². The first-order chi connectivity index (χ1) is 17.1. The van der Waals surface area contributed by atoms with Crippen LogP contribution in [0.1, 0.15) is 5.56 Å². The number of sulfonamides is 1. The van der Waals surface area contributed by atoms with Gasteiger partial charge in [0.1, 0.15) is 5.75 Å². The van der Waals surface area contributed by atoms with Gasteiger partial charge < -0.3 is 19.5 Å². The number of halogens is 1. The van der Waals surface area contributed by atoms with Crippen LogP contribution in [0.15, 0.2) is 53.4 Å². The lowest BCUT2D eigenvalue weighted by Gasteiger charge is -2.12. The topological polar surface area (TPSA) is 141 Å². The van der Waals surface area contributed by atoms with Crippen molar-refractivity contribution in [3.05, 3.63) is 59.1 Å². The van der Waals surface area contributed by atoms with Gasteiger partial charge in [-0.1, -0.05) is 11.6 Å². The number of thiocarbonyl (C=S) groups is 1. The fraction of sp³-hybridized carbons (Fsp3) is 0.182. The Morgan fingerprint density at radius 1 is 1.06 bits per heavy atom. The molecule has 0 saturated heterocycles. The van der Waals surface area contributed by atoms with E-state index in [1.54, 1.807) is 18.2 Å². The monoisotopic (exact) mass is 551 g/mol. The van der Waals surface area contributed by atoms with Crippen molar-refractivity contribution in [2.45, 2.75) is 11.8 Å². The van der Waals surface area contributed by atoms with Gasteiger partial charge in [0.25, 0.3) is 15.9 Å². The average Bonchev–Trinajstić information content (AvgIpc) is 2.83. The van der Waals surface area contributed by atoms with Crippen molar-refractivity contribution in [1.29, 1.82) is 0 Å². The summed E-state index contributed by atoms with van der Waals surface area (Å²) in [6, 6.07) is 12.0. The van der Waals surface area contributed by atoms with Crippen LogP contribution in [-0.4, -0.2) is 50.2 Å². The largest absolute Gasteiger partial charge is 0.483 e. The van der Waals surface area contributed by atoms with Crippen LogP contribution in [0.5, 0.6) is 17.6 Å². The third kappa shape index (κ3) is 7.41. The predicted molar refractivity (Wildman–Crippen MR) is 138 cm³/mol. The molecule has 0 fully saturated rings. The molecule has 0 aliphatic carbocycles. The first kappa shape index (κ1) is 26.9. The highest BCUT2D eigenvalue weighted by Gasteiger charge is 2.17. The highest BCUT2D eigenvalue weighted by atomic mass is 35.5. The van der Waals surface area contributed by atoms with Crippen LogP contribution in [0.25, 0.3) is 0 Å². The van der Waals surface area contributed by atoms with E-state index in [2.05, 4.69) is 25.3 Å². The summed E-state index contributed by atoms with van der Waals surface area (Å²) in [4.78, 5) is 20.0. The first-order valence-corrected chi connectivity index (χ1v) is 12.5. The standard InChI is InChI=1S/C22H22ClN5O6S2/c1-13-10-14(23)4-9-17(13)34-12-19(29)26-22(35)24-15-5-7-16(8-6-15)36(30,31)28-18-11-20(32-2)27-21(25-18)33-3/h4-11H,12H2,1-3H3,(H,25,27,28)(H2,24,26,29,35). The normalized spacial score (nSPS) is 10.8. The maximum Gasteiger partial charge on any atom is 0.321 e. The molecule has 2 aromatic carbocycles. The molecule has 0 atom stereocenters. The SMILES string of the molecule is COc1cc(NS(=O)(=O)c2ccc(NC(=S)NC(=O)COc3ccc(Cl)cc3C)cc2)nc(OC)n1. The van der Waals surface area contributed by atoms with Crippen molar-refractivity contribution in [3.8, 4) is 17.6 Å². The number of amides is 1. The van der Waals surface area contributed by atoms with E-state index < -0.39 is 15.9 Å². The lowest BCUT2D eigenvalue weighted by molar-refractivity contribution is -0.121. The number of nitrogens with one attached hydrogen (secondary N) is 3. The Morgan fingerprint density at radius 3 is 2.42 bits per heavy atom. The van der Waals surface area contributed by atoms with Crippen molar-refractivity contribution in [3.63, 3.8) is 0 Å². The van der Waals surface area contributed by atoms with E-state index in [9.17, 15) is 13.2 Å². The zero-order valence-electron chi connectivity index (χ0n) is 19.4. The third-order valence-corrected chi connectivity index (χ3v) is 6.29. The molecule has 1 amide bonds. The highest BCUT2D eigenvalue weighted by Crippen LogP contribution is 2.22. The summed E-state index contributed by atoms with van der Waals surface area (Å²) in [5, 5.41) is 5.88. The predicted octanol–water partition coefficient (Wildman–Crippen LogP) is 3.15. The summed E-state index contributed by atoms with van der Waals surface area (Å²) in [5.41, 5.74) is 1.25. The van der Waals surface area contributed by atoms with Gasteiger partial charge in [0.05, 0.1) is 19.1 Å². The highest BCUT2D eigenvalue weighted by molar-refractivity contribution is 7.92. The van der Waals surface area contributed by atoms with E-state index in [0.717, 1.165) is 5.56 Å². The van der Waals surface area contributed by atoms with Gasteiger partial charge in [0.15, 0.2) is 17.5 Å². The molecule has 0 saturated carbocycles. The Morgan fingerprint density at radius 2 is 1.78 bits per heavy atom. The Balaban J connectivity index is 1.57. The van der Waals surface area contributed by atoms with Gasteiger partial charge in [0, 0.05) is 16.8 Å². The zero-order chi connectivity index (χ0) is 26.3. The quantitative estimate of drug-likeness (QED) is 0.339. The molecule has 36 heavy (non-hydrogen) atoms. The lowest BCUT2D eigenvalue weighted by Crippen LogP contribution is -2.37. The molecule has 1 aromatic heterocycles. The molecule has 0 radical (unpaired) electrons. The summed E-state index contributed by atoms with van der Waals surface area (Å²) in [7, 11) is -1.25. The number of benzene rings is 2. The van der Waals surface area contributed by atoms with E-state index in [-0.39, 0.29) is 34.3 Å². The fourth-order valence-electron chi connectivity index (χ4n) is 2.81. The van der Waals surface area contributed by atoms with Gasteiger partial charge in [0.2, 0.25) is 5.88 Å². The summed E-state index contributed by atoms with van der Waals surface area (Å²) >= 11 is 11.0. The molecule has 0 spiro atoms. The summed E-state index contributed by atoms with van der Waals surface area (Å²) in [6.45, 7) is 1.55. The van der Waals surface area contributed by atoms with E-state index >= 15 is 0 Å². The van der Waals surface area contributed by atoms with Gasteiger partial charge in [-0.15, -0.1) is 0 Å². The molecule has 3 rings (SSSR count). The number of methoxy groups -OCH3 is 2. The van der Waals surface area contributed by atoms with Gasteiger partial charge in [-0.05, 0) is 67.2 Å². The maximum absolute atomic E-state index is 12.7. The molecule has 14 heteroatoms. The third-order valence-electron chi connectivity index (χ3n) is 4.48. The Bertz CT molecular complexity index is 1350. The second-order valence-corrected chi connectivity index (χ2v) is 9.64. The summed E-state index contributed by atoms with van der Waals surface area (Å²) in [5.74, 6) is 0.155. The number of hydrogen-bond donors (Lipinski definition) is 3.